The van der Waals surface area contributed by atoms with Crippen molar-refractivity contribution in [3.8, 4) is 6.07 Å². The summed E-state index contributed by atoms with van der Waals surface area (Å²) in [5, 5.41) is 9.52. The number of piperidine rings is 1. The summed E-state index contributed by atoms with van der Waals surface area (Å²) in [5.41, 5.74) is -0.856. The van der Waals surface area contributed by atoms with E-state index in [-0.39, 0.29) is 17.7 Å². The molecule has 4 heteroatoms. The van der Waals surface area contributed by atoms with Crippen molar-refractivity contribution >= 4 is 11.8 Å². The predicted molar refractivity (Wildman–Crippen MR) is 66.3 cm³/mol. The first-order valence-electron chi connectivity index (χ1n) is 6.86. The zero-order valence-corrected chi connectivity index (χ0v) is 10.9. The molecule has 0 N–H and O–H groups in total. The highest BCUT2D eigenvalue weighted by molar-refractivity contribution is 5.99. The van der Waals surface area contributed by atoms with Gasteiger partial charge >= 0.3 is 0 Å². The summed E-state index contributed by atoms with van der Waals surface area (Å²) < 4.78 is 0. The molecule has 1 aliphatic carbocycles. The van der Waals surface area contributed by atoms with E-state index >= 15 is 0 Å². The van der Waals surface area contributed by atoms with Crippen LogP contribution in [0.3, 0.4) is 0 Å². The van der Waals surface area contributed by atoms with Crippen LogP contribution in [0.1, 0.15) is 58.3 Å². The van der Waals surface area contributed by atoms with Crippen LogP contribution in [-0.2, 0) is 9.59 Å². The first-order valence-corrected chi connectivity index (χ1v) is 6.86. The molecule has 0 atom stereocenters. The Bertz CT molecular complexity index is 371. The third-order valence-corrected chi connectivity index (χ3v) is 4.11. The summed E-state index contributed by atoms with van der Waals surface area (Å²) in [5.74, 6) is -0.188. The maximum atomic E-state index is 12.1. The van der Waals surface area contributed by atoms with E-state index in [0.29, 0.717) is 25.7 Å². The highest BCUT2D eigenvalue weighted by Gasteiger charge is 2.46. The lowest BCUT2D eigenvalue weighted by Gasteiger charge is -2.40. The normalized spacial score (nSPS) is 25.7. The number of hydrogen-bond donors (Lipinski definition) is 0. The molecule has 2 aliphatic rings. The molecule has 0 unspecified atom stereocenters. The minimum absolute atomic E-state index is 0.114. The fourth-order valence-electron chi connectivity index (χ4n) is 3.17. The smallest absolute Gasteiger partial charge is 0.230 e. The molecule has 2 fully saturated rings. The quantitative estimate of drug-likeness (QED) is 0.528. The molecule has 0 bridgehead atoms. The van der Waals surface area contributed by atoms with E-state index in [2.05, 4.69) is 6.07 Å². The number of carbonyl (C=O) groups excluding carboxylic acids is 2. The number of amides is 2. The van der Waals surface area contributed by atoms with E-state index < -0.39 is 5.54 Å². The molecule has 0 aromatic rings. The van der Waals surface area contributed by atoms with Gasteiger partial charge in [-0.3, -0.25) is 14.5 Å². The molecule has 0 radical (unpaired) electrons. The van der Waals surface area contributed by atoms with Crippen molar-refractivity contribution < 1.29 is 9.59 Å². The lowest BCUT2D eigenvalue weighted by Crippen LogP contribution is -2.56. The van der Waals surface area contributed by atoms with Gasteiger partial charge in [-0.2, -0.15) is 5.26 Å². The Labute approximate surface area is 108 Å². The van der Waals surface area contributed by atoms with E-state index in [0.717, 1.165) is 25.7 Å². The lowest BCUT2D eigenvalue weighted by atomic mass is 9.85. The number of hydrogen-bond acceptors (Lipinski definition) is 3. The van der Waals surface area contributed by atoms with Gasteiger partial charge in [-0.25, -0.2) is 0 Å². The second-order valence-corrected chi connectivity index (χ2v) is 5.69. The van der Waals surface area contributed by atoms with Gasteiger partial charge in [-0.1, -0.05) is 32.6 Å². The maximum absolute atomic E-state index is 12.1. The Morgan fingerprint density at radius 1 is 1.11 bits per heavy atom. The van der Waals surface area contributed by atoms with Crippen LogP contribution < -0.4 is 0 Å². The molecular formula is C14H20N2O2. The minimum atomic E-state index is -0.856. The van der Waals surface area contributed by atoms with Crippen molar-refractivity contribution in [1.82, 2.24) is 4.90 Å². The molecule has 98 valence electrons. The van der Waals surface area contributed by atoms with E-state index in [1.807, 2.05) is 6.92 Å². The Morgan fingerprint density at radius 2 is 1.61 bits per heavy atom. The summed E-state index contributed by atoms with van der Waals surface area (Å²) in [6, 6.07) is 2.29. The molecule has 0 aromatic heterocycles. The van der Waals surface area contributed by atoms with Gasteiger partial charge < -0.3 is 0 Å². The molecule has 0 spiro atoms. The molecule has 1 saturated heterocycles. The third-order valence-electron chi connectivity index (χ3n) is 4.11. The van der Waals surface area contributed by atoms with Crippen molar-refractivity contribution in [3.05, 3.63) is 0 Å². The highest BCUT2D eigenvalue weighted by Crippen LogP contribution is 2.35. The molecule has 18 heavy (non-hydrogen) atoms. The van der Waals surface area contributed by atoms with Crippen LogP contribution in [0.15, 0.2) is 0 Å². The van der Waals surface area contributed by atoms with Crippen LogP contribution in [0.5, 0.6) is 0 Å². The van der Waals surface area contributed by atoms with Gasteiger partial charge in [-0.05, 0) is 18.8 Å². The van der Waals surface area contributed by atoms with Gasteiger partial charge in [-0.15, -0.1) is 0 Å². The molecule has 1 aliphatic heterocycles. The zero-order valence-electron chi connectivity index (χ0n) is 10.9. The van der Waals surface area contributed by atoms with Crippen molar-refractivity contribution in [2.24, 2.45) is 5.92 Å². The van der Waals surface area contributed by atoms with Gasteiger partial charge in [0.2, 0.25) is 11.8 Å². The number of carbonyl (C=O) groups is 2. The van der Waals surface area contributed by atoms with Crippen molar-refractivity contribution in [2.45, 2.75) is 63.8 Å². The summed E-state index contributed by atoms with van der Waals surface area (Å²) in [4.78, 5) is 25.6. The largest absolute Gasteiger partial charge is 0.274 e. The predicted octanol–water partition coefficient (Wildman–Crippen LogP) is 2.39. The summed E-state index contributed by atoms with van der Waals surface area (Å²) >= 11 is 0. The van der Waals surface area contributed by atoms with Crippen molar-refractivity contribution in [3.63, 3.8) is 0 Å². The summed E-state index contributed by atoms with van der Waals surface area (Å²) in [6.07, 6.45) is 6.14. The third kappa shape index (κ3) is 2.27. The second kappa shape index (κ2) is 5.09. The van der Waals surface area contributed by atoms with Gasteiger partial charge in [0.1, 0.15) is 5.54 Å². The number of rotatable bonds is 1. The van der Waals surface area contributed by atoms with Crippen LogP contribution >= 0.6 is 0 Å². The number of nitriles is 1. The SMILES string of the molecule is CC1CC(=O)N(C2(C#N)CCCCCC2)C(=O)C1. The molecular weight excluding hydrogens is 228 g/mol. The van der Waals surface area contributed by atoms with Gasteiger partial charge in [0.05, 0.1) is 6.07 Å². The molecule has 1 saturated carbocycles. The lowest BCUT2D eigenvalue weighted by molar-refractivity contribution is -0.155. The standard InChI is InChI=1S/C14H20N2O2/c1-11-8-12(17)16(13(18)9-11)14(10-15)6-4-2-3-5-7-14/h11H,2-9H2,1H3. The first kappa shape index (κ1) is 13.1. The topological polar surface area (TPSA) is 61.2 Å². The van der Waals surface area contributed by atoms with Crippen LogP contribution in [-0.4, -0.2) is 22.3 Å². The molecule has 2 amide bonds. The summed E-state index contributed by atoms with van der Waals surface area (Å²) in [7, 11) is 0. The van der Waals surface area contributed by atoms with Crippen LogP contribution in [0, 0.1) is 17.2 Å². The maximum Gasteiger partial charge on any atom is 0.230 e. The van der Waals surface area contributed by atoms with E-state index in [1.54, 1.807) is 0 Å². The van der Waals surface area contributed by atoms with Crippen molar-refractivity contribution in [2.75, 3.05) is 0 Å². The molecule has 0 aromatic carbocycles. The Kier molecular flexibility index (Phi) is 3.70. The van der Waals surface area contributed by atoms with E-state index in [1.165, 1.54) is 4.90 Å². The van der Waals surface area contributed by atoms with Gasteiger partial charge in [0.15, 0.2) is 0 Å². The first-order chi connectivity index (χ1) is 8.59. The minimum Gasteiger partial charge on any atom is -0.274 e. The molecule has 1 heterocycles. The van der Waals surface area contributed by atoms with E-state index in [9.17, 15) is 14.9 Å². The van der Waals surface area contributed by atoms with Gasteiger partial charge in [0, 0.05) is 12.8 Å². The Balaban J connectivity index is 2.28. The van der Waals surface area contributed by atoms with Crippen molar-refractivity contribution in [1.29, 1.82) is 5.26 Å². The zero-order chi connectivity index (χ0) is 13.2. The fraction of sp³-hybridized carbons (Fsp3) is 0.786. The van der Waals surface area contributed by atoms with Gasteiger partial charge in [0.25, 0.3) is 0 Å². The van der Waals surface area contributed by atoms with Crippen LogP contribution in [0.2, 0.25) is 0 Å². The Hall–Kier alpha value is -1.37. The number of likely N-dealkylation sites (tertiary alicyclic amines) is 1. The molecule has 2 rings (SSSR count). The monoisotopic (exact) mass is 248 g/mol. The highest BCUT2D eigenvalue weighted by atomic mass is 16.2. The number of imide groups is 1. The fourth-order valence-corrected chi connectivity index (χ4v) is 3.17. The van der Waals surface area contributed by atoms with Crippen LogP contribution in [0.25, 0.3) is 0 Å². The average Bonchev–Trinajstić information content (AvgIpc) is 2.54. The van der Waals surface area contributed by atoms with Crippen LogP contribution in [0.4, 0.5) is 0 Å². The number of nitrogens with zero attached hydrogens (tertiary/aromatic N) is 2. The Morgan fingerprint density at radius 3 is 2.06 bits per heavy atom. The summed E-state index contributed by atoms with van der Waals surface area (Å²) in [6.45, 7) is 1.92. The molecule has 4 nitrogen and oxygen atoms in total. The van der Waals surface area contributed by atoms with E-state index in [4.69, 9.17) is 0 Å². The second-order valence-electron chi connectivity index (χ2n) is 5.69. The average molecular weight is 248 g/mol.